The fraction of sp³-hybridized carbons (Fsp3) is 1.00. The Morgan fingerprint density at radius 1 is 1.22 bits per heavy atom. The minimum atomic E-state index is 0.181. The largest absolute Gasteiger partial charge is 0.372 e. The van der Waals surface area contributed by atoms with E-state index in [9.17, 15) is 0 Å². The van der Waals surface area contributed by atoms with Gasteiger partial charge in [0, 0.05) is 12.6 Å². The molecule has 2 fully saturated rings. The molecular formula is C16H31NO. The average Bonchev–Trinajstić information content (AvgIpc) is 2.39. The molecule has 1 aliphatic heterocycles. The summed E-state index contributed by atoms with van der Waals surface area (Å²) in [6.45, 7) is 9.04. The molecule has 1 saturated heterocycles. The molecule has 0 aromatic rings. The Morgan fingerprint density at radius 3 is 2.61 bits per heavy atom. The quantitative estimate of drug-likeness (QED) is 0.820. The first-order chi connectivity index (χ1) is 8.58. The van der Waals surface area contributed by atoms with Crippen molar-refractivity contribution in [3.05, 3.63) is 0 Å². The van der Waals surface area contributed by atoms with Crippen molar-refractivity contribution in [2.75, 3.05) is 13.2 Å². The summed E-state index contributed by atoms with van der Waals surface area (Å²) in [5.41, 5.74) is 0.662. The predicted molar refractivity (Wildman–Crippen MR) is 76.9 cm³/mol. The minimum absolute atomic E-state index is 0.181. The first-order valence-corrected chi connectivity index (χ1v) is 7.95. The van der Waals surface area contributed by atoms with Gasteiger partial charge in [-0.15, -0.1) is 0 Å². The van der Waals surface area contributed by atoms with Crippen LogP contribution in [0.5, 0.6) is 0 Å². The molecule has 2 aliphatic rings. The molecule has 18 heavy (non-hydrogen) atoms. The lowest BCUT2D eigenvalue weighted by molar-refractivity contribution is -0.120. The van der Waals surface area contributed by atoms with Crippen LogP contribution in [0.15, 0.2) is 0 Å². The molecule has 1 aliphatic carbocycles. The molecule has 0 aromatic heterocycles. The first-order valence-electron chi connectivity index (χ1n) is 7.95. The third-order valence-electron chi connectivity index (χ3n) is 5.28. The lowest BCUT2D eigenvalue weighted by atomic mass is 9.74. The van der Waals surface area contributed by atoms with Crippen LogP contribution in [0.25, 0.3) is 0 Å². The molecule has 2 heteroatoms. The number of ether oxygens (including phenoxy) is 1. The normalized spacial score (nSPS) is 28.5. The third-order valence-corrected chi connectivity index (χ3v) is 5.28. The van der Waals surface area contributed by atoms with Gasteiger partial charge < -0.3 is 10.1 Å². The van der Waals surface area contributed by atoms with E-state index in [-0.39, 0.29) is 5.60 Å². The van der Waals surface area contributed by atoms with Crippen molar-refractivity contribution in [1.82, 2.24) is 5.32 Å². The number of hydrogen-bond acceptors (Lipinski definition) is 2. The molecule has 2 rings (SSSR count). The highest BCUT2D eigenvalue weighted by Gasteiger charge is 2.42. The van der Waals surface area contributed by atoms with Gasteiger partial charge in [-0.3, -0.25) is 0 Å². The summed E-state index contributed by atoms with van der Waals surface area (Å²) in [5, 5.41) is 3.75. The summed E-state index contributed by atoms with van der Waals surface area (Å²) >= 11 is 0. The standard InChI is InChI=1S/C16H31NO/c1-4-15(2,3)11-8-14-16(18-13-12-17-14)9-6-5-7-10-16/h14,17H,4-13H2,1-3H3. The second-order valence-electron chi connectivity index (χ2n) is 7.04. The van der Waals surface area contributed by atoms with Crippen LogP contribution in [-0.2, 0) is 4.74 Å². The zero-order valence-electron chi connectivity index (χ0n) is 12.6. The zero-order valence-corrected chi connectivity index (χ0v) is 12.6. The summed E-state index contributed by atoms with van der Waals surface area (Å²) < 4.78 is 6.26. The number of rotatable bonds is 4. The summed E-state index contributed by atoms with van der Waals surface area (Å²) in [5.74, 6) is 0. The van der Waals surface area contributed by atoms with Crippen molar-refractivity contribution >= 4 is 0 Å². The van der Waals surface area contributed by atoms with E-state index in [2.05, 4.69) is 26.1 Å². The first kappa shape index (κ1) is 14.3. The molecule has 1 spiro atoms. The fourth-order valence-electron chi connectivity index (χ4n) is 3.49. The van der Waals surface area contributed by atoms with E-state index in [4.69, 9.17) is 4.74 Å². The maximum Gasteiger partial charge on any atom is 0.0835 e. The maximum atomic E-state index is 6.26. The molecule has 106 valence electrons. The van der Waals surface area contributed by atoms with E-state index >= 15 is 0 Å². The topological polar surface area (TPSA) is 21.3 Å². The molecule has 0 bridgehead atoms. The van der Waals surface area contributed by atoms with Crippen LogP contribution in [0.2, 0.25) is 0 Å². The lowest BCUT2D eigenvalue weighted by Gasteiger charge is -2.47. The highest BCUT2D eigenvalue weighted by Crippen LogP contribution is 2.39. The van der Waals surface area contributed by atoms with Crippen LogP contribution in [0.1, 0.15) is 72.1 Å². The van der Waals surface area contributed by atoms with E-state index in [1.54, 1.807) is 0 Å². The third kappa shape index (κ3) is 3.27. The van der Waals surface area contributed by atoms with Crippen LogP contribution in [0, 0.1) is 5.41 Å². The Kier molecular flexibility index (Phi) is 4.71. The highest BCUT2D eigenvalue weighted by molar-refractivity contribution is 4.98. The van der Waals surface area contributed by atoms with Crippen LogP contribution in [0.4, 0.5) is 0 Å². The molecule has 2 nitrogen and oxygen atoms in total. The smallest absolute Gasteiger partial charge is 0.0835 e. The van der Waals surface area contributed by atoms with Gasteiger partial charge in [0.25, 0.3) is 0 Å². The van der Waals surface area contributed by atoms with Crippen molar-refractivity contribution in [3.8, 4) is 0 Å². The van der Waals surface area contributed by atoms with Crippen LogP contribution in [-0.4, -0.2) is 24.8 Å². The Balaban J connectivity index is 1.95. The highest BCUT2D eigenvalue weighted by atomic mass is 16.5. The van der Waals surface area contributed by atoms with Gasteiger partial charge in [-0.05, 0) is 31.1 Å². The SMILES string of the molecule is CCC(C)(C)CCC1NCCOC12CCCCC2. The zero-order chi connectivity index (χ0) is 13.1. The molecule has 1 N–H and O–H groups in total. The van der Waals surface area contributed by atoms with Crippen molar-refractivity contribution < 1.29 is 4.74 Å². The van der Waals surface area contributed by atoms with Crippen LogP contribution in [0.3, 0.4) is 0 Å². The van der Waals surface area contributed by atoms with E-state index in [0.29, 0.717) is 11.5 Å². The van der Waals surface area contributed by atoms with E-state index in [0.717, 1.165) is 13.2 Å². The summed E-state index contributed by atoms with van der Waals surface area (Å²) in [6, 6.07) is 0.595. The minimum Gasteiger partial charge on any atom is -0.372 e. The molecule has 0 amide bonds. The van der Waals surface area contributed by atoms with Gasteiger partial charge in [0.1, 0.15) is 0 Å². The number of hydrogen-bond donors (Lipinski definition) is 1. The monoisotopic (exact) mass is 253 g/mol. The van der Waals surface area contributed by atoms with Crippen LogP contribution < -0.4 is 5.32 Å². The Labute approximate surface area is 113 Å². The van der Waals surface area contributed by atoms with Crippen molar-refractivity contribution in [1.29, 1.82) is 0 Å². The maximum absolute atomic E-state index is 6.26. The van der Waals surface area contributed by atoms with E-state index in [1.165, 1.54) is 51.4 Å². The van der Waals surface area contributed by atoms with Gasteiger partial charge in [0.15, 0.2) is 0 Å². The summed E-state index contributed by atoms with van der Waals surface area (Å²) in [4.78, 5) is 0. The number of nitrogens with one attached hydrogen (secondary N) is 1. The van der Waals surface area contributed by atoms with Crippen molar-refractivity contribution in [3.63, 3.8) is 0 Å². The second kappa shape index (κ2) is 5.92. The Bertz CT molecular complexity index is 248. The molecule has 1 saturated carbocycles. The van der Waals surface area contributed by atoms with Gasteiger partial charge in [-0.25, -0.2) is 0 Å². The van der Waals surface area contributed by atoms with Crippen molar-refractivity contribution in [2.24, 2.45) is 5.41 Å². The van der Waals surface area contributed by atoms with Crippen molar-refractivity contribution in [2.45, 2.75) is 83.8 Å². The number of morpholine rings is 1. The molecule has 0 radical (unpaired) electrons. The lowest BCUT2D eigenvalue weighted by Crippen LogP contribution is -2.58. The van der Waals surface area contributed by atoms with Gasteiger partial charge in [0.2, 0.25) is 0 Å². The average molecular weight is 253 g/mol. The van der Waals surface area contributed by atoms with Gasteiger partial charge >= 0.3 is 0 Å². The fourth-order valence-corrected chi connectivity index (χ4v) is 3.49. The second-order valence-corrected chi connectivity index (χ2v) is 7.04. The molecule has 1 heterocycles. The van der Waals surface area contributed by atoms with E-state index in [1.807, 2.05) is 0 Å². The Hall–Kier alpha value is -0.0800. The molecule has 1 atom stereocenters. The Morgan fingerprint density at radius 2 is 1.94 bits per heavy atom. The van der Waals surface area contributed by atoms with Gasteiger partial charge in [-0.2, -0.15) is 0 Å². The molecule has 0 aromatic carbocycles. The van der Waals surface area contributed by atoms with Crippen LogP contribution >= 0.6 is 0 Å². The predicted octanol–water partition coefficient (Wildman–Crippen LogP) is 3.89. The summed E-state index contributed by atoms with van der Waals surface area (Å²) in [7, 11) is 0. The molecular weight excluding hydrogens is 222 g/mol. The van der Waals surface area contributed by atoms with Gasteiger partial charge in [0.05, 0.1) is 12.2 Å². The molecule has 1 unspecified atom stereocenters. The summed E-state index contributed by atoms with van der Waals surface area (Å²) in [6.07, 6.45) is 10.5. The van der Waals surface area contributed by atoms with Gasteiger partial charge in [-0.1, -0.05) is 46.5 Å². The van der Waals surface area contributed by atoms with E-state index < -0.39 is 0 Å².